The second kappa shape index (κ2) is 6.14. The lowest BCUT2D eigenvalue weighted by molar-refractivity contribution is 0.0512. The Labute approximate surface area is 113 Å². The fourth-order valence-corrected chi connectivity index (χ4v) is 2.47. The van der Waals surface area contributed by atoms with E-state index in [0.717, 1.165) is 31.5 Å². The van der Waals surface area contributed by atoms with Gasteiger partial charge in [-0.15, -0.1) is 5.10 Å². The number of aryl methyl sites for hydroxylation is 1. The SMILES string of the molecule is CCCc1nc(C(=O)N2CCC(C(C)O)CC2)n[nH]1. The average Bonchev–Trinajstić information content (AvgIpc) is 2.87. The molecule has 0 bridgehead atoms. The minimum Gasteiger partial charge on any atom is -0.393 e. The standard InChI is InChI=1S/C13H22N4O2/c1-3-4-11-14-12(16-15-11)13(19)17-7-5-10(6-8-17)9(2)18/h9-10,18H,3-8H2,1-2H3,(H,14,15,16). The van der Waals surface area contributed by atoms with E-state index in [4.69, 9.17) is 0 Å². The zero-order valence-corrected chi connectivity index (χ0v) is 11.6. The van der Waals surface area contributed by atoms with Crippen molar-refractivity contribution in [3.63, 3.8) is 0 Å². The molecule has 1 aromatic heterocycles. The lowest BCUT2D eigenvalue weighted by Gasteiger charge is -2.32. The van der Waals surface area contributed by atoms with Gasteiger partial charge in [-0.25, -0.2) is 4.98 Å². The van der Waals surface area contributed by atoms with Gasteiger partial charge in [-0.3, -0.25) is 9.89 Å². The monoisotopic (exact) mass is 266 g/mol. The van der Waals surface area contributed by atoms with Crippen LogP contribution in [-0.2, 0) is 6.42 Å². The molecule has 0 saturated carbocycles. The molecule has 1 aromatic rings. The van der Waals surface area contributed by atoms with E-state index in [1.54, 1.807) is 4.90 Å². The van der Waals surface area contributed by atoms with Gasteiger partial charge >= 0.3 is 0 Å². The van der Waals surface area contributed by atoms with E-state index in [1.807, 2.05) is 6.92 Å². The third-order valence-electron chi connectivity index (χ3n) is 3.72. The number of rotatable bonds is 4. The number of hydrogen-bond donors (Lipinski definition) is 2. The van der Waals surface area contributed by atoms with Crippen molar-refractivity contribution < 1.29 is 9.90 Å². The van der Waals surface area contributed by atoms with E-state index in [1.165, 1.54) is 0 Å². The highest BCUT2D eigenvalue weighted by atomic mass is 16.3. The maximum Gasteiger partial charge on any atom is 0.293 e. The minimum absolute atomic E-state index is 0.109. The van der Waals surface area contributed by atoms with Crippen molar-refractivity contribution in [2.75, 3.05) is 13.1 Å². The number of nitrogens with one attached hydrogen (secondary N) is 1. The molecule has 0 aromatic carbocycles. The topological polar surface area (TPSA) is 82.1 Å². The van der Waals surface area contributed by atoms with Gasteiger partial charge in [0.25, 0.3) is 5.91 Å². The number of carbonyl (C=O) groups excluding carboxylic acids is 1. The first-order valence-electron chi connectivity index (χ1n) is 7.00. The van der Waals surface area contributed by atoms with Crippen molar-refractivity contribution in [3.8, 4) is 0 Å². The fraction of sp³-hybridized carbons (Fsp3) is 0.769. The van der Waals surface area contributed by atoms with Gasteiger partial charge in [0.15, 0.2) is 0 Å². The van der Waals surface area contributed by atoms with Gasteiger partial charge in [-0.1, -0.05) is 6.92 Å². The van der Waals surface area contributed by atoms with Gasteiger partial charge in [0.05, 0.1) is 6.10 Å². The Morgan fingerprint density at radius 3 is 2.79 bits per heavy atom. The molecular weight excluding hydrogens is 244 g/mol. The van der Waals surface area contributed by atoms with Crippen LogP contribution in [0.3, 0.4) is 0 Å². The summed E-state index contributed by atoms with van der Waals surface area (Å²) in [5.41, 5.74) is 0. The normalized spacial score (nSPS) is 18.6. The van der Waals surface area contributed by atoms with E-state index < -0.39 is 0 Å². The first-order valence-corrected chi connectivity index (χ1v) is 7.00. The van der Waals surface area contributed by atoms with Crippen molar-refractivity contribution in [3.05, 3.63) is 11.6 Å². The summed E-state index contributed by atoms with van der Waals surface area (Å²) < 4.78 is 0. The molecule has 1 aliphatic heterocycles. The van der Waals surface area contributed by atoms with Crippen LogP contribution >= 0.6 is 0 Å². The summed E-state index contributed by atoms with van der Waals surface area (Å²) in [6.07, 6.45) is 3.18. The van der Waals surface area contributed by atoms with Gasteiger partial charge in [0.1, 0.15) is 5.82 Å². The molecule has 106 valence electrons. The van der Waals surface area contributed by atoms with E-state index in [-0.39, 0.29) is 17.8 Å². The van der Waals surface area contributed by atoms with Crippen LogP contribution in [0.2, 0.25) is 0 Å². The van der Waals surface area contributed by atoms with Crippen molar-refractivity contribution >= 4 is 5.91 Å². The Kier molecular flexibility index (Phi) is 4.52. The number of aromatic nitrogens is 3. The van der Waals surface area contributed by atoms with Crippen LogP contribution in [0.1, 0.15) is 49.6 Å². The molecule has 1 fully saturated rings. The van der Waals surface area contributed by atoms with Crippen LogP contribution < -0.4 is 0 Å². The lowest BCUT2D eigenvalue weighted by atomic mass is 9.92. The molecule has 6 nitrogen and oxygen atoms in total. The summed E-state index contributed by atoms with van der Waals surface area (Å²) in [5.74, 6) is 1.22. The Morgan fingerprint density at radius 2 is 2.21 bits per heavy atom. The number of hydrogen-bond acceptors (Lipinski definition) is 4. The molecule has 0 radical (unpaired) electrons. The maximum atomic E-state index is 12.2. The van der Waals surface area contributed by atoms with Crippen LogP contribution in [0.5, 0.6) is 0 Å². The second-order valence-corrected chi connectivity index (χ2v) is 5.23. The summed E-state index contributed by atoms with van der Waals surface area (Å²) in [4.78, 5) is 18.2. The molecule has 1 aliphatic rings. The number of piperidine rings is 1. The highest BCUT2D eigenvalue weighted by molar-refractivity contribution is 5.90. The number of aliphatic hydroxyl groups excluding tert-OH is 1. The molecule has 1 saturated heterocycles. The summed E-state index contributed by atoms with van der Waals surface area (Å²) in [5, 5.41) is 16.3. The van der Waals surface area contributed by atoms with Crippen molar-refractivity contribution in [2.45, 2.75) is 45.6 Å². The number of H-pyrrole nitrogens is 1. The molecule has 2 rings (SSSR count). The molecule has 0 spiro atoms. The molecule has 1 amide bonds. The van der Waals surface area contributed by atoms with Crippen LogP contribution in [0.15, 0.2) is 0 Å². The highest BCUT2D eigenvalue weighted by Gasteiger charge is 2.27. The summed E-state index contributed by atoms with van der Waals surface area (Å²) in [7, 11) is 0. The zero-order valence-electron chi connectivity index (χ0n) is 11.6. The van der Waals surface area contributed by atoms with E-state index >= 15 is 0 Å². The Hall–Kier alpha value is -1.43. The Balaban J connectivity index is 1.93. The molecule has 19 heavy (non-hydrogen) atoms. The highest BCUT2D eigenvalue weighted by Crippen LogP contribution is 2.21. The largest absolute Gasteiger partial charge is 0.393 e. The van der Waals surface area contributed by atoms with Crippen LogP contribution in [0.25, 0.3) is 0 Å². The Morgan fingerprint density at radius 1 is 1.53 bits per heavy atom. The number of likely N-dealkylation sites (tertiary alicyclic amines) is 1. The summed E-state index contributed by atoms with van der Waals surface area (Å²) in [6.45, 7) is 5.22. The van der Waals surface area contributed by atoms with E-state index in [9.17, 15) is 9.90 Å². The minimum atomic E-state index is -0.295. The summed E-state index contributed by atoms with van der Waals surface area (Å²) >= 11 is 0. The number of amides is 1. The molecule has 1 unspecified atom stereocenters. The van der Waals surface area contributed by atoms with Crippen LogP contribution in [0.4, 0.5) is 0 Å². The number of aromatic amines is 1. The van der Waals surface area contributed by atoms with Gasteiger partial charge in [0.2, 0.25) is 5.82 Å². The molecular formula is C13H22N4O2. The fourth-order valence-electron chi connectivity index (χ4n) is 2.47. The molecule has 1 atom stereocenters. The number of aliphatic hydroxyl groups is 1. The van der Waals surface area contributed by atoms with Gasteiger partial charge in [0, 0.05) is 19.5 Å². The lowest BCUT2D eigenvalue weighted by Crippen LogP contribution is -2.41. The zero-order chi connectivity index (χ0) is 13.8. The van der Waals surface area contributed by atoms with E-state index in [0.29, 0.717) is 19.0 Å². The predicted molar refractivity (Wildman–Crippen MR) is 70.7 cm³/mol. The maximum absolute atomic E-state index is 12.2. The van der Waals surface area contributed by atoms with Gasteiger partial charge < -0.3 is 10.0 Å². The van der Waals surface area contributed by atoms with Crippen LogP contribution in [-0.4, -0.2) is 50.3 Å². The van der Waals surface area contributed by atoms with Crippen molar-refractivity contribution in [2.24, 2.45) is 5.92 Å². The average molecular weight is 266 g/mol. The quantitative estimate of drug-likeness (QED) is 0.851. The molecule has 6 heteroatoms. The third kappa shape index (κ3) is 3.32. The third-order valence-corrected chi connectivity index (χ3v) is 3.72. The van der Waals surface area contributed by atoms with E-state index in [2.05, 4.69) is 22.1 Å². The molecule has 2 heterocycles. The second-order valence-electron chi connectivity index (χ2n) is 5.23. The Bertz CT molecular complexity index is 422. The number of nitrogens with zero attached hydrogens (tertiary/aromatic N) is 3. The van der Waals surface area contributed by atoms with Crippen molar-refractivity contribution in [1.82, 2.24) is 20.1 Å². The number of carbonyl (C=O) groups is 1. The summed E-state index contributed by atoms with van der Waals surface area (Å²) in [6, 6.07) is 0. The van der Waals surface area contributed by atoms with Gasteiger partial charge in [-0.05, 0) is 32.1 Å². The first kappa shape index (κ1) is 14.0. The first-order chi connectivity index (χ1) is 9.11. The smallest absolute Gasteiger partial charge is 0.293 e. The van der Waals surface area contributed by atoms with Gasteiger partial charge in [-0.2, -0.15) is 0 Å². The van der Waals surface area contributed by atoms with Crippen LogP contribution in [0, 0.1) is 5.92 Å². The van der Waals surface area contributed by atoms with Crippen molar-refractivity contribution in [1.29, 1.82) is 0 Å². The molecule has 0 aliphatic carbocycles. The predicted octanol–water partition coefficient (Wildman–Crippen LogP) is 0.990. The molecule has 2 N–H and O–H groups in total.